The van der Waals surface area contributed by atoms with E-state index >= 15 is 0 Å². The minimum absolute atomic E-state index is 0.0150. The highest BCUT2D eigenvalue weighted by molar-refractivity contribution is 5.72. The highest BCUT2D eigenvalue weighted by Gasteiger charge is 2.33. The largest absolute Gasteiger partial charge is 0.507 e. The molecule has 108 heavy (non-hydrogen) atoms. The number of carbonyl (C=O) groups excluding carboxylic acids is 3. The first kappa shape index (κ1) is 87.0. The van der Waals surface area contributed by atoms with Crippen molar-refractivity contribution in [2.24, 2.45) is 0 Å². The quantitative estimate of drug-likeness (QED) is 0.0294. The lowest BCUT2D eigenvalue weighted by molar-refractivity contribution is -0.145. The molecule has 0 amide bonds. The first-order valence-corrected chi connectivity index (χ1v) is 38.9. The third kappa shape index (κ3) is 21.2. The Labute approximate surface area is 648 Å². The summed E-state index contributed by atoms with van der Waals surface area (Å²) in [6, 6.07) is 24.0. The minimum Gasteiger partial charge on any atom is -0.507 e. The summed E-state index contributed by atoms with van der Waals surface area (Å²) in [5.74, 6) is -0.305. The number of carbonyl (C=O) groups is 3. The molecule has 0 saturated heterocycles. The molecule has 0 aromatic heterocycles. The summed E-state index contributed by atoms with van der Waals surface area (Å²) in [7, 11) is 0. The smallest absolute Gasteiger partial charge is 0.306 e. The maximum Gasteiger partial charge on any atom is 0.306 e. The summed E-state index contributed by atoms with van der Waals surface area (Å²) in [4.78, 5) is 42.7. The fraction of sp³-hybridized carbons (Fsp3) is 0.531. The summed E-state index contributed by atoms with van der Waals surface area (Å²) < 4.78 is 18.6. The van der Waals surface area contributed by atoms with E-state index < -0.39 is 34.2 Å². The zero-order chi connectivity index (χ0) is 81.6. The second-order valence-corrected chi connectivity index (χ2v) is 40.1. The maximum absolute atomic E-state index is 14.2. The number of ether oxygens (including phenoxy) is 3. The molecule has 0 heterocycles. The van der Waals surface area contributed by atoms with Crippen LogP contribution < -0.4 is 0 Å². The topological polar surface area (TPSA) is 200 Å². The lowest BCUT2D eigenvalue weighted by Crippen LogP contribution is -2.18. The Balaban J connectivity index is 1.19. The van der Waals surface area contributed by atoms with Crippen LogP contribution in [0.5, 0.6) is 34.5 Å². The van der Waals surface area contributed by atoms with Crippen LogP contribution in [0.15, 0.2) is 72.8 Å². The molecule has 0 aliphatic heterocycles. The van der Waals surface area contributed by atoms with Gasteiger partial charge in [-0.15, -0.1) is 0 Å². The molecule has 588 valence electrons. The highest BCUT2D eigenvalue weighted by atomic mass is 16.5. The first-order valence-electron chi connectivity index (χ1n) is 38.9. The fourth-order valence-corrected chi connectivity index (χ4v) is 14.4. The summed E-state index contributed by atoms with van der Waals surface area (Å²) in [5, 5.41) is 71.5. The number of esters is 3. The van der Waals surface area contributed by atoms with Gasteiger partial charge in [0.15, 0.2) is 0 Å². The predicted octanol–water partition coefficient (Wildman–Crippen LogP) is 22.3. The molecule has 0 radical (unpaired) electrons. The van der Waals surface area contributed by atoms with Gasteiger partial charge in [0.25, 0.3) is 0 Å². The third-order valence-electron chi connectivity index (χ3n) is 21.6. The van der Waals surface area contributed by atoms with Crippen molar-refractivity contribution in [2.75, 3.05) is 0 Å². The van der Waals surface area contributed by atoms with E-state index in [0.29, 0.717) is 69.3 Å². The van der Waals surface area contributed by atoms with Gasteiger partial charge in [0, 0.05) is 38.5 Å². The van der Waals surface area contributed by atoms with Crippen LogP contribution in [-0.4, -0.2) is 48.5 Å². The van der Waals surface area contributed by atoms with Gasteiger partial charge in [0.1, 0.15) is 54.3 Å². The van der Waals surface area contributed by atoms with Crippen LogP contribution in [0.25, 0.3) is 0 Å². The number of rotatable bonds is 21. The van der Waals surface area contributed by atoms with Crippen LogP contribution in [0, 0.1) is 20.8 Å². The monoisotopic (exact) mass is 1480 g/mol. The second-order valence-electron chi connectivity index (χ2n) is 40.1. The zero-order valence-electron chi connectivity index (χ0n) is 71.5. The van der Waals surface area contributed by atoms with Crippen molar-refractivity contribution < 1.29 is 59.2 Å². The van der Waals surface area contributed by atoms with Gasteiger partial charge >= 0.3 is 17.9 Å². The van der Waals surface area contributed by atoms with Crippen LogP contribution in [0.2, 0.25) is 0 Å². The first-order chi connectivity index (χ1) is 49.2. The molecular formula is C96H132O12. The molecule has 0 saturated carbocycles. The van der Waals surface area contributed by atoms with Crippen molar-refractivity contribution in [2.45, 2.75) is 334 Å². The van der Waals surface area contributed by atoms with Crippen molar-refractivity contribution >= 4 is 17.9 Å². The molecule has 0 unspecified atom stereocenters. The van der Waals surface area contributed by atoms with Crippen molar-refractivity contribution in [3.8, 4) is 34.5 Å². The predicted molar refractivity (Wildman–Crippen MR) is 440 cm³/mol. The van der Waals surface area contributed by atoms with Crippen molar-refractivity contribution in [3.63, 3.8) is 0 Å². The molecule has 0 aliphatic carbocycles. The van der Waals surface area contributed by atoms with E-state index in [2.05, 4.69) is 143 Å². The normalized spacial score (nSPS) is 12.9. The highest BCUT2D eigenvalue weighted by Crippen LogP contribution is 2.47. The molecule has 0 bridgehead atoms. The second kappa shape index (κ2) is 32.0. The molecular weight excluding hydrogens is 1350 g/mol. The summed E-state index contributed by atoms with van der Waals surface area (Å²) in [6.07, 6.45) is 1.75. The standard InChI is InChI=1S/C96H132O12/c1-55-70(52-106-79(97)34-31-58-37-61(82(100)73(40-58)91(13,14)15)43-64-46-67(88(4,5)6)49-76(85(64)103)94(22,23)24)56(2)72(54-108-81(99)36-33-60-39-63(84(102)75(42-60)93(19,20)21)45-66-48-69(90(10,11)12)51-78(87(66)105)96(28,29)30)57(3)71(55)53-107-80(98)35-32-59-38-62(83(101)74(41-59)92(16,17)18)44-65-47-68(89(7,8)9)50-77(86(65)104)95(25,26)27/h37-42,46-51,100-105H,31-36,43-45,52-54H2,1-30H3. The Hall–Kier alpha value is -8.25. The van der Waals surface area contributed by atoms with Gasteiger partial charge in [0.05, 0.1) is 0 Å². The van der Waals surface area contributed by atoms with Crippen LogP contribution in [0.3, 0.4) is 0 Å². The van der Waals surface area contributed by atoms with E-state index in [1.807, 2.05) is 138 Å². The summed E-state index contributed by atoms with van der Waals surface area (Å²) in [6.45, 7) is 61.8. The van der Waals surface area contributed by atoms with Crippen molar-refractivity contribution in [1.82, 2.24) is 0 Å². The molecule has 0 fully saturated rings. The molecule has 7 aromatic carbocycles. The Bertz CT molecular complexity index is 4030. The van der Waals surface area contributed by atoms with Gasteiger partial charge in [0.2, 0.25) is 0 Å². The van der Waals surface area contributed by atoms with E-state index in [-0.39, 0.29) is 125 Å². The molecule has 7 aromatic rings. The van der Waals surface area contributed by atoms with Gasteiger partial charge < -0.3 is 44.8 Å². The molecule has 12 heteroatoms. The molecule has 0 aliphatic rings. The van der Waals surface area contributed by atoms with Crippen LogP contribution in [-0.2, 0) is 136 Å². The van der Waals surface area contributed by atoms with Crippen molar-refractivity contribution in [1.29, 1.82) is 0 Å². The van der Waals surface area contributed by atoms with E-state index in [1.54, 1.807) is 0 Å². The minimum atomic E-state index is -0.466. The number of hydrogen-bond acceptors (Lipinski definition) is 12. The van der Waals surface area contributed by atoms with Gasteiger partial charge in [-0.1, -0.05) is 260 Å². The molecule has 7 rings (SSSR count). The lowest BCUT2D eigenvalue weighted by Gasteiger charge is -2.28. The van der Waals surface area contributed by atoms with Gasteiger partial charge in [-0.2, -0.15) is 0 Å². The summed E-state index contributed by atoms with van der Waals surface area (Å²) in [5.41, 5.74) is 15.7. The molecule has 6 N–H and O–H groups in total. The number of phenolic OH excluding ortho intramolecular Hbond substituents is 6. The lowest BCUT2D eigenvalue weighted by atomic mass is 9.77. The number of aromatic hydroxyl groups is 6. The SMILES string of the molecule is Cc1c(COC(=O)CCc2cc(Cc3cc(C(C)(C)C)cc(C(C)(C)C)c3O)c(O)c(C(C)(C)C)c2)c(C)c(COC(=O)CCc2cc(Cc3cc(C(C)(C)C)cc(C(C)(C)C)c3O)c(O)c(C(C)(C)C)c2)c(C)c1COC(=O)CCc1cc(Cc2cc(C(C)(C)C)cc(C(C)(C)C)c2O)c(O)c(C(C)(C)C)c1. The maximum atomic E-state index is 14.2. The average molecular weight is 1480 g/mol. The van der Waals surface area contributed by atoms with Gasteiger partial charge in [-0.05, 0) is 222 Å². The fourth-order valence-electron chi connectivity index (χ4n) is 14.4. The van der Waals surface area contributed by atoms with Gasteiger partial charge in [-0.3, -0.25) is 14.4 Å². The average Bonchev–Trinajstić information content (AvgIpc) is 0.779. The van der Waals surface area contributed by atoms with E-state index in [4.69, 9.17) is 14.2 Å². The zero-order valence-corrected chi connectivity index (χ0v) is 71.5. The van der Waals surface area contributed by atoms with Crippen LogP contribution in [0.1, 0.15) is 340 Å². The van der Waals surface area contributed by atoms with Crippen LogP contribution in [0.4, 0.5) is 0 Å². The van der Waals surface area contributed by atoms with E-state index in [9.17, 15) is 45.0 Å². The van der Waals surface area contributed by atoms with Gasteiger partial charge in [-0.25, -0.2) is 0 Å². The number of aryl methyl sites for hydroxylation is 3. The Morgan fingerprint density at radius 3 is 0.611 bits per heavy atom. The molecule has 12 nitrogen and oxygen atoms in total. The number of hydrogen-bond donors (Lipinski definition) is 6. The number of phenols is 6. The summed E-state index contributed by atoms with van der Waals surface area (Å²) >= 11 is 0. The third-order valence-corrected chi connectivity index (χ3v) is 21.6. The number of benzene rings is 7. The Morgan fingerprint density at radius 2 is 0.435 bits per heavy atom. The Morgan fingerprint density at radius 1 is 0.259 bits per heavy atom. The van der Waals surface area contributed by atoms with Crippen molar-refractivity contribution in [3.05, 3.63) is 206 Å². The van der Waals surface area contributed by atoms with E-state index in [0.717, 1.165) is 83.5 Å². The van der Waals surface area contributed by atoms with Crippen LogP contribution >= 0.6 is 0 Å². The Kier molecular flexibility index (Phi) is 25.8. The molecule has 0 atom stereocenters. The molecule has 0 spiro atoms. The van der Waals surface area contributed by atoms with E-state index in [1.165, 1.54) is 0 Å².